The third kappa shape index (κ3) is 2.83. The molecular weight excluding hydrogens is 224 g/mol. The first kappa shape index (κ1) is 12.5. The summed E-state index contributed by atoms with van der Waals surface area (Å²) in [6.07, 6.45) is 0. The summed E-state index contributed by atoms with van der Waals surface area (Å²) < 4.78 is 0. The van der Waals surface area contributed by atoms with E-state index in [1.54, 1.807) is 0 Å². The molecule has 0 saturated carbocycles. The summed E-state index contributed by atoms with van der Waals surface area (Å²) in [7, 11) is 2.06. The summed E-state index contributed by atoms with van der Waals surface area (Å²) in [5, 5.41) is 6.85. The molecule has 1 aromatic carbocycles. The van der Waals surface area contributed by atoms with Crippen molar-refractivity contribution in [3.8, 4) is 0 Å². The lowest BCUT2D eigenvalue weighted by atomic mass is 10.0. The van der Waals surface area contributed by atoms with Gasteiger partial charge in [0.05, 0.1) is 12.2 Å². The predicted octanol–water partition coefficient (Wildman–Crippen LogP) is 2.75. The fourth-order valence-electron chi connectivity index (χ4n) is 1.92. The van der Waals surface area contributed by atoms with Gasteiger partial charge >= 0.3 is 0 Å². The summed E-state index contributed by atoms with van der Waals surface area (Å²) in [6, 6.07) is 10.5. The molecular formula is C14H20N4. The van der Waals surface area contributed by atoms with E-state index < -0.39 is 0 Å². The molecule has 0 spiro atoms. The number of H-pyrrole nitrogens is 1. The van der Waals surface area contributed by atoms with E-state index >= 15 is 0 Å². The first-order valence-corrected chi connectivity index (χ1v) is 6.17. The Balaban J connectivity index is 2.06. The number of hydrogen-bond donors (Lipinski definition) is 2. The molecule has 0 bridgehead atoms. The molecule has 4 nitrogen and oxygen atoms in total. The number of nitrogen functional groups attached to an aromatic ring is 1. The van der Waals surface area contributed by atoms with Gasteiger partial charge in [-0.05, 0) is 23.6 Å². The zero-order valence-corrected chi connectivity index (χ0v) is 11.1. The highest BCUT2D eigenvalue weighted by atomic mass is 15.2. The van der Waals surface area contributed by atoms with Crippen molar-refractivity contribution in [2.24, 2.45) is 0 Å². The van der Waals surface area contributed by atoms with Crippen LogP contribution in [0.3, 0.4) is 0 Å². The highest BCUT2D eigenvalue weighted by Crippen LogP contribution is 2.20. The third-order valence-electron chi connectivity index (χ3n) is 3.06. The quantitative estimate of drug-likeness (QED) is 0.869. The maximum Gasteiger partial charge on any atom is 0.145 e. The van der Waals surface area contributed by atoms with Crippen LogP contribution in [0, 0.1) is 0 Å². The Morgan fingerprint density at radius 3 is 2.44 bits per heavy atom. The SMILES string of the molecule is CC(C)c1ccc(N(C)Cc2cc(N)n[nH]2)cc1. The van der Waals surface area contributed by atoms with Crippen molar-refractivity contribution in [2.45, 2.75) is 26.3 Å². The van der Waals surface area contributed by atoms with Crippen LogP contribution in [0.15, 0.2) is 30.3 Å². The van der Waals surface area contributed by atoms with Crippen molar-refractivity contribution in [1.82, 2.24) is 10.2 Å². The molecule has 1 heterocycles. The van der Waals surface area contributed by atoms with Gasteiger partial charge in [-0.3, -0.25) is 5.10 Å². The standard InChI is InChI=1S/C14H20N4/c1-10(2)11-4-6-13(7-5-11)18(3)9-12-8-14(15)17-16-12/h4-8,10H,9H2,1-3H3,(H3,15,16,17). The van der Waals surface area contributed by atoms with E-state index in [0.717, 1.165) is 12.2 Å². The van der Waals surface area contributed by atoms with Crippen LogP contribution >= 0.6 is 0 Å². The van der Waals surface area contributed by atoms with Crippen molar-refractivity contribution >= 4 is 11.5 Å². The molecule has 0 aliphatic carbocycles. The van der Waals surface area contributed by atoms with Crippen molar-refractivity contribution < 1.29 is 0 Å². The molecule has 0 amide bonds. The van der Waals surface area contributed by atoms with Gasteiger partial charge < -0.3 is 10.6 Å². The molecule has 18 heavy (non-hydrogen) atoms. The van der Waals surface area contributed by atoms with Crippen molar-refractivity contribution in [2.75, 3.05) is 17.7 Å². The van der Waals surface area contributed by atoms with Crippen LogP contribution in [0.4, 0.5) is 11.5 Å². The van der Waals surface area contributed by atoms with Gasteiger partial charge in [-0.25, -0.2) is 0 Å². The van der Waals surface area contributed by atoms with Crippen LogP contribution in [-0.2, 0) is 6.54 Å². The van der Waals surface area contributed by atoms with Crippen molar-refractivity contribution in [1.29, 1.82) is 0 Å². The summed E-state index contributed by atoms with van der Waals surface area (Å²) in [4.78, 5) is 2.16. The smallest absolute Gasteiger partial charge is 0.145 e. The van der Waals surface area contributed by atoms with E-state index in [1.165, 1.54) is 11.3 Å². The highest BCUT2D eigenvalue weighted by Gasteiger charge is 2.05. The van der Waals surface area contributed by atoms with Gasteiger partial charge in [0, 0.05) is 18.8 Å². The van der Waals surface area contributed by atoms with Crippen LogP contribution < -0.4 is 10.6 Å². The van der Waals surface area contributed by atoms with Gasteiger partial charge in [-0.15, -0.1) is 0 Å². The second kappa shape index (κ2) is 5.12. The molecule has 2 rings (SSSR count). The number of benzene rings is 1. The molecule has 0 atom stereocenters. The first-order valence-electron chi connectivity index (χ1n) is 6.17. The summed E-state index contributed by atoms with van der Waals surface area (Å²) in [6.45, 7) is 5.17. The Hall–Kier alpha value is -1.97. The molecule has 0 aliphatic rings. The lowest BCUT2D eigenvalue weighted by molar-refractivity contribution is 0.855. The molecule has 0 fully saturated rings. The Labute approximate surface area is 108 Å². The van der Waals surface area contributed by atoms with Gasteiger partial charge in [0.1, 0.15) is 5.82 Å². The number of anilines is 2. The van der Waals surface area contributed by atoms with E-state index in [1.807, 2.05) is 6.07 Å². The van der Waals surface area contributed by atoms with E-state index in [0.29, 0.717) is 11.7 Å². The van der Waals surface area contributed by atoms with Crippen LogP contribution in [0.2, 0.25) is 0 Å². The minimum absolute atomic E-state index is 0.536. The highest BCUT2D eigenvalue weighted by molar-refractivity contribution is 5.47. The Bertz CT molecular complexity index is 499. The lowest BCUT2D eigenvalue weighted by Gasteiger charge is -2.19. The zero-order chi connectivity index (χ0) is 13.1. The Kier molecular flexibility index (Phi) is 3.55. The average molecular weight is 244 g/mol. The van der Waals surface area contributed by atoms with Crippen LogP contribution in [0.25, 0.3) is 0 Å². The second-order valence-electron chi connectivity index (χ2n) is 4.92. The Morgan fingerprint density at radius 2 is 1.94 bits per heavy atom. The topological polar surface area (TPSA) is 57.9 Å². The third-order valence-corrected chi connectivity index (χ3v) is 3.06. The van der Waals surface area contributed by atoms with Crippen LogP contribution in [0.5, 0.6) is 0 Å². The molecule has 2 aromatic rings. The maximum absolute atomic E-state index is 5.59. The number of aromatic amines is 1. The number of aromatic nitrogens is 2. The Morgan fingerprint density at radius 1 is 1.28 bits per heavy atom. The molecule has 0 aliphatic heterocycles. The van der Waals surface area contributed by atoms with Crippen molar-refractivity contribution in [3.05, 3.63) is 41.6 Å². The average Bonchev–Trinajstić information content (AvgIpc) is 2.75. The van der Waals surface area contributed by atoms with Gasteiger partial charge in [-0.1, -0.05) is 26.0 Å². The molecule has 96 valence electrons. The predicted molar refractivity (Wildman–Crippen MR) is 75.6 cm³/mol. The molecule has 4 heteroatoms. The molecule has 0 unspecified atom stereocenters. The zero-order valence-electron chi connectivity index (χ0n) is 11.1. The van der Waals surface area contributed by atoms with Gasteiger partial charge in [0.2, 0.25) is 0 Å². The van der Waals surface area contributed by atoms with Gasteiger partial charge in [0.15, 0.2) is 0 Å². The van der Waals surface area contributed by atoms with E-state index in [9.17, 15) is 0 Å². The maximum atomic E-state index is 5.59. The van der Waals surface area contributed by atoms with E-state index in [2.05, 4.69) is 60.3 Å². The van der Waals surface area contributed by atoms with Gasteiger partial charge in [-0.2, -0.15) is 5.10 Å². The number of nitrogens with two attached hydrogens (primary N) is 1. The summed E-state index contributed by atoms with van der Waals surface area (Å²) in [5.74, 6) is 1.10. The van der Waals surface area contributed by atoms with E-state index in [4.69, 9.17) is 5.73 Å². The monoisotopic (exact) mass is 244 g/mol. The fraction of sp³-hybridized carbons (Fsp3) is 0.357. The lowest BCUT2D eigenvalue weighted by Crippen LogP contribution is -2.16. The van der Waals surface area contributed by atoms with E-state index in [-0.39, 0.29) is 0 Å². The van der Waals surface area contributed by atoms with Crippen LogP contribution in [0.1, 0.15) is 31.0 Å². The minimum Gasteiger partial charge on any atom is -0.382 e. The summed E-state index contributed by atoms with van der Waals surface area (Å²) >= 11 is 0. The first-order chi connectivity index (χ1) is 8.56. The molecule has 3 N–H and O–H groups in total. The number of nitrogens with one attached hydrogen (secondary N) is 1. The number of rotatable bonds is 4. The van der Waals surface area contributed by atoms with Crippen LogP contribution in [-0.4, -0.2) is 17.2 Å². The normalized spacial score (nSPS) is 10.9. The molecule has 1 aromatic heterocycles. The number of nitrogens with zero attached hydrogens (tertiary/aromatic N) is 2. The van der Waals surface area contributed by atoms with Crippen molar-refractivity contribution in [3.63, 3.8) is 0 Å². The fourth-order valence-corrected chi connectivity index (χ4v) is 1.92. The summed E-state index contributed by atoms with van der Waals surface area (Å²) in [5.41, 5.74) is 9.15. The number of hydrogen-bond acceptors (Lipinski definition) is 3. The minimum atomic E-state index is 0.536. The second-order valence-corrected chi connectivity index (χ2v) is 4.92. The molecule has 0 radical (unpaired) electrons. The van der Waals surface area contributed by atoms with Gasteiger partial charge in [0.25, 0.3) is 0 Å². The largest absolute Gasteiger partial charge is 0.382 e. The molecule has 0 saturated heterocycles.